The van der Waals surface area contributed by atoms with Crippen molar-refractivity contribution in [3.63, 3.8) is 0 Å². The lowest BCUT2D eigenvalue weighted by atomic mass is 9.81. The van der Waals surface area contributed by atoms with Crippen LogP contribution in [0.15, 0.2) is 0 Å². The summed E-state index contributed by atoms with van der Waals surface area (Å²) >= 11 is 0. The smallest absolute Gasteiger partial charge is 0.225 e. The lowest BCUT2D eigenvalue weighted by Gasteiger charge is -2.30. The van der Waals surface area contributed by atoms with Gasteiger partial charge in [-0.25, -0.2) is 0 Å². The first kappa shape index (κ1) is 14.5. The molecule has 0 radical (unpaired) electrons. The van der Waals surface area contributed by atoms with Crippen molar-refractivity contribution in [3.05, 3.63) is 0 Å². The number of nitrogens with zero attached hydrogens (tertiary/aromatic N) is 1. The van der Waals surface area contributed by atoms with Crippen LogP contribution in [-0.4, -0.2) is 44.7 Å². The monoisotopic (exact) mass is 242 g/mol. The summed E-state index contributed by atoms with van der Waals surface area (Å²) in [7, 11) is 3.58. The predicted molar refractivity (Wildman–Crippen MR) is 68.6 cm³/mol. The van der Waals surface area contributed by atoms with Gasteiger partial charge in [0.15, 0.2) is 0 Å². The van der Waals surface area contributed by atoms with Crippen molar-refractivity contribution in [2.45, 2.75) is 32.1 Å². The van der Waals surface area contributed by atoms with Crippen LogP contribution in [0.2, 0.25) is 0 Å². The molecule has 1 amide bonds. The highest BCUT2D eigenvalue weighted by Gasteiger charge is 2.28. The van der Waals surface area contributed by atoms with Gasteiger partial charge in [-0.3, -0.25) is 4.79 Å². The van der Waals surface area contributed by atoms with E-state index in [0.29, 0.717) is 18.4 Å². The number of nitrogens with two attached hydrogens (primary N) is 1. The Kier molecular flexibility index (Phi) is 6.52. The van der Waals surface area contributed by atoms with E-state index >= 15 is 0 Å². The van der Waals surface area contributed by atoms with Gasteiger partial charge in [0.1, 0.15) is 0 Å². The van der Waals surface area contributed by atoms with E-state index in [1.165, 1.54) is 6.42 Å². The van der Waals surface area contributed by atoms with Gasteiger partial charge in [0.25, 0.3) is 0 Å². The number of methoxy groups -OCH3 is 1. The van der Waals surface area contributed by atoms with Gasteiger partial charge in [-0.2, -0.15) is 0 Å². The summed E-state index contributed by atoms with van der Waals surface area (Å²) in [6.07, 6.45) is 5.25. The molecule has 2 N–H and O–H groups in total. The molecule has 1 saturated carbocycles. The largest absolute Gasteiger partial charge is 0.385 e. The highest BCUT2D eigenvalue weighted by Crippen LogP contribution is 2.29. The summed E-state index contributed by atoms with van der Waals surface area (Å²) in [4.78, 5) is 14.0. The van der Waals surface area contributed by atoms with Crippen LogP contribution in [0.25, 0.3) is 0 Å². The number of amides is 1. The number of hydrogen-bond acceptors (Lipinski definition) is 3. The molecule has 1 aliphatic carbocycles. The van der Waals surface area contributed by atoms with Crippen molar-refractivity contribution in [3.8, 4) is 0 Å². The molecule has 0 aromatic heterocycles. The highest BCUT2D eigenvalue weighted by atomic mass is 16.5. The first-order chi connectivity index (χ1) is 8.19. The Morgan fingerprint density at radius 2 is 2.24 bits per heavy atom. The average molecular weight is 242 g/mol. The van der Waals surface area contributed by atoms with Gasteiger partial charge in [-0.1, -0.05) is 6.42 Å². The predicted octanol–water partition coefficient (Wildman–Crippen LogP) is 1.25. The molecule has 1 rings (SSSR count). The zero-order valence-corrected chi connectivity index (χ0v) is 11.2. The van der Waals surface area contributed by atoms with E-state index < -0.39 is 0 Å². The lowest BCUT2D eigenvalue weighted by molar-refractivity contribution is -0.135. The summed E-state index contributed by atoms with van der Waals surface area (Å²) < 4.78 is 5.00. The van der Waals surface area contributed by atoms with Crippen molar-refractivity contribution in [1.82, 2.24) is 4.90 Å². The number of hydrogen-bond donors (Lipinski definition) is 1. The fourth-order valence-electron chi connectivity index (χ4n) is 2.60. The molecule has 0 aromatic carbocycles. The second-order valence-electron chi connectivity index (χ2n) is 5.07. The summed E-state index contributed by atoms with van der Waals surface area (Å²) in [6.45, 7) is 2.22. The second kappa shape index (κ2) is 7.67. The Balaban J connectivity index is 2.34. The minimum atomic E-state index is 0.199. The summed E-state index contributed by atoms with van der Waals surface area (Å²) in [5, 5.41) is 0. The van der Waals surface area contributed by atoms with Crippen molar-refractivity contribution in [2.24, 2.45) is 17.6 Å². The van der Waals surface area contributed by atoms with E-state index in [-0.39, 0.29) is 5.92 Å². The molecule has 0 aromatic rings. The summed E-state index contributed by atoms with van der Waals surface area (Å²) in [5.41, 5.74) is 5.70. The van der Waals surface area contributed by atoms with E-state index in [0.717, 1.165) is 38.8 Å². The highest BCUT2D eigenvalue weighted by molar-refractivity contribution is 5.78. The SMILES string of the molecule is COCCCN(C)C(=O)C1CCCC(CN)C1. The molecule has 4 heteroatoms. The standard InChI is InChI=1S/C13H26N2O2/c1-15(7-4-8-17-2)13(16)12-6-3-5-11(9-12)10-14/h11-12H,3-10,14H2,1-2H3. The van der Waals surface area contributed by atoms with Crippen LogP contribution < -0.4 is 5.73 Å². The molecular formula is C13H26N2O2. The van der Waals surface area contributed by atoms with Crippen LogP contribution in [0.4, 0.5) is 0 Å². The molecule has 1 aliphatic rings. The Labute approximate surface area is 104 Å². The fourth-order valence-corrected chi connectivity index (χ4v) is 2.60. The Hall–Kier alpha value is -0.610. The minimum Gasteiger partial charge on any atom is -0.385 e. The van der Waals surface area contributed by atoms with E-state index in [1.54, 1.807) is 7.11 Å². The molecule has 0 bridgehead atoms. The van der Waals surface area contributed by atoms with Crippen LogP contribution in [0.3, 0.4) is 0 Å². The van der Waals surface area contributed by atoms with Crippen LogP contribution in [0.5, 0.6) is 0 Å². The number of ether oxygens (including phenoxy) is 1. The van der Waals surface area contributed by atoms with Gasteiger partial charge in [0, 0.05) is 33.2 Å². The van der Waals surface area contributed by atoms with Crippen LogP contribution >= 0.6 is 0 Å². The molecule has 0 heterocycles. The van der Waals surface area contributed by atoms with Crippen molar-refractivity contribution in [2.75, 3.05) is 33.9 Å². The molecule has 2 unspecified atom stereocenters. The number of rotatable bonds is 6. The van der Waals surface area contributed by atoms with Gasteiger partial charge < -0.3 is 15.4 Å². The van der Waals surface area contributed by atoms with Crippen LogP contribution in [0.1, 0.15) is 32.1 Å². The molecule has 0 saturated heterocycles. The summed E-state index contributed by atoms with van der Waals surface area (Å²) in [5.74, 6) is 1.04. The maximum Gasteiger partial charge on any atom is 0.225 e. The molecule has 0 spiro atoms. The van der Waals surface area contributed by atoms with Gasteiger partial charge in [0.05, 0.1) is 0 Å². The first-order valence-corrected chi connectivity index (χ1v) is 6.63. The van der Waals surface area contributed by atoms with Gasteiger partial charge in [-0.15, -0.1) is 0 Å². The van der Waals surface area contributed by atoms with Crippen molar-refractivity contribution >= 4 is 5.91 Å². The molecule has 100 valence electrons. The van der Waals surface area contributed by atoms with E-state index in [1.807, 2.05) is 11.9 Å². The zero-order valence-electron chi connectivity index (χ0n) is 11.2. The molecule has 1 fully saturated rings. The first-order valence-electron chi connectivity index (χ1n) is 6.63. The Morgan fingerprint density at radius 1 is 1.47 bits per heavy atom. The third-order valence-corrected chi connectivity index (χ3v) is 3.68. The van der Waals surface area contributed by atoms with Crippen LogP contribution in [0, 0.1) is 11.8 Å². The zero-order chi connectivity index (χ0) is 12.7. The topological polar surface area (TPSA) is 55.6 Å². The normalized spacial score (nSPS) is 24.6. The molecule has 0 aliphatic heterocycles. The van der Waals surface area contributed by atoms with Crippen molar-refractivity contribution < 1.29 is 9.53 Å². The molecular weight excluding hydrogens is 216 g/mol. The second-order valence-corrected chi connectivity index (χ2v) is 5.07. The summed E-state index contributed by atoms with van der Waals surface area (Å²) in [6, 6.07) is 0. The minimum absolute atomic E-state index is 0.199. The molecule has 4 nitrogen and oxygen atoms in total. The number of carbonyl (C=O) groups is 1. The fraction of sp³-hybridized carbons (Fsp3) is 0.923. The third-order valence-electron chi connectivity index (χ3n) is 3.68. The van der Waals surface area contributed by atoms with Gasteiger partial charge >= 0.3 is 0 Å². The quantitative estimate of drug-likeness (QED) is 0.713. The average Bonchev–Trinajstić information content (AvgIpc) is 2.38. The van der Waals surface area contributed by atoms with E-state index in [2.05, 4.69) is 0 Å². The van der Waals surface area contributed by atoms with Gasteiger partial charge in [-0.05, 0) is 38.1 Å². The third kappa shape index (κ3) is 4.64. The maximum atomic E-state index is 12.2. The Morgan fingerprint density at radius 3 is 2.88 bits per heavy atom. The van der Waals surface area contributed by atoms with E-state index in [9.17, 15) is 4.79 Å². The van der Waals surface area contributed by atoms with Gasteiger partial charge in [0.2, 0.25) is 5.91 Å². The van der Waals surface area contributed by atoms with E-state index in [4.69, 9.17) is 10.5 Å². The Bertz CT molecular complexity index is 233. The van der Waals surface area contributed by atoms with Crippen LogP contribution in [-0.2, 0) is 9.53 Å². The lowest BCUT2D eigenvalue weighted by Crippen LogP contribution is -2.37. The molecule has 2 atom stereocenters. The molecule has 17 heavy (non-hydrogen) atoms. The van der Waals surface area contributed by atoms with Crippen molar-refractivity contribution in [1.29, 1.82) is 0 Å². The maximum absolute atomic E-state index is 12.2. The number of carbonyl (C=O) groups excluding carboxylic acids is 1.